The number of alkyl halides is 1. The Morgan fingerprint density at radius 3 is 1.92 bits per heavy atom. The minimum Gasteiger partial charge on any atom is -0.305 e. The molecule has 0 spiro atoms. The highest BCUT2D eigenvalue weighted by Gasteiger charge is 2.15. The fraction of sp³-hybridized carbons (Fsp3) is 0.696. The van der Waals surface area contributed by atoms with E-state index in [1.165, 1.54) is 87.3 Å². The minimum absolute atomic E-state index is 0. The fourth-order valence-corrected chi connectivity index (χ4v) is 4.28. The molecule has 1 unspecified atom stereocenters. The second-order valence-electron chi connectivity index (χ2n) is 7.48. The fourth-order valence-electron chi connectivity index (χ4n) is 3.69. The molecular formula is C23H39Br2N. The first kappa shape index (κ1) is 25.9. The van der Waals surface area contributed by atoms with Gasteiger partial charge in [-0.15, -0.1) is 17.0 Å². The van der Waals surface area contributed by atoms with Crippen molar-refractivity contribution in [1.82, 2.24) is 0 Å². The van der Waals surface area contributed by atoms with Crippen molar-refractivity contribution in [2.24, 2.45) is 0 Å². The van der Waals surface area contributed by atoms with Crippen molar-refractivity contribution in [2.75, 3.05) is 0 Å². The van der Waals surface area contributed by atoms with Gasteiger partial charge in [-0.3, -0.25) is 0 Å². The molecule has 1 aromatic rings. The van der Waals surface area contributed by atoms with Gasteiger partial charge < -0.3 is 5.41 Å². The molecule has 1 rings (SSSR count). The highest BCUT2D eigenvalue weighted by molar-refractivity contribution is 9.09. The van der Waals surface area contributed by atoms with Crippen molar-refractivity contribution in [3.8, 4) is 0 Å². The molecule has 0 aromatic heterocycles. The van der Waals surface area contributed by atoms with Crippen LogP contribution in [0.2, 0.25) is 0 Å². The average Bonchev–Trinajstić information content (AvgIpc) is 2.56. The average molecular weight is 489 g/mol. The third-order valence-electron chi connectivity index (χ3n) is 5.23. The lowest BCUT2D eigenvalue weighted by atomic mass is 9.91. The highest BCUT2D eigenvalue weighted by atomic mass is 79.9. The van der Waals surface area contributed by atoms with Crippen molar-refractivity contribution in [2.45, 2.75) is 103 Å². The second kappa shape index (κ2) is 14.9. The quantitative estimate of drug-likeness (QED) is 0.163. The zero-order valence-electron chi connectivity index (χ0n) is 17.3. The van der Waals surface area contributed by atoms with Crippen LogP contribution in [0.1, 0.15) is 112 Å². The monoisotopic (exact) mass is 487 g/mol. The zero-order chi connectivity index (χ0) is 18.7. The van der Waals surface area contributed by atoms with E-state index in [0.717, 1.165) is 5.56 Å². The van der Waals surface area contributed by atoms with Crippen molar-refractivity contribution >= 4 is 38.6 Å². The van der Waals surface area contributed by atoms with E-state index in [4.69, 9.17) is 5.41 Å². The van der Waals surface area contributed by atoms with E-state index in [1.54, 1.807) is 0 Å². The Morgan fingerprint density at radius 1 is 0.962 bits per heavy atom. The standard InChI is InChI=1S/C23H38BrN.BrH/c1-5-6-7-8-9-10-11-12-13-14-15-21-16-17-22(20(4)25)23(18(21)2)19(3)24;/h16-17,19,25H,5-15H2,1-4H3;1H. The summed E-state index contributed by atoms with van der Waals surface area (Å²) in [5.41, 5.74) is 5.90. The number of unbranched alkanes of at least 4 members (excludes halogenated alkanes) is 9. The highest BCUT2D eigenvalue weighted by Crippen LogP contribution is 2.31. The van der Waals surface area contributed by atoms with Gasteiger partial charge in [0.1, 0.15) is 0 Å². The predicted molar refractivity (Wildman–Crippen MR) is 127 cm³/mol. The molecule has 0 saturated heterocycles. The molecule has 0 heterocycles. The Labute approximate surface area is 181 Å². The van der Waals surface area contributed by atoms with Crippen LogP contribution in [0, 0.1) is 12.3 Å². The number of rotatable bonds is 13. The van der Waals surface area contributed by atoms with Gasteiger partial charge in [0, 0.05) is 10.5 Å². The first-order valence-corrected chi connectivity index (χ1v) is 11.2. The van der Waals surface area contributed by atoms with Gasteiger partial charge in [-0.1, -0.05) is 92.8 Å². The molecule has 0 aliphatic rings. The first-order valence-electron chi connectivity index (χ1n) is 10.3. The van der Waals surface area contributed by atoms with E-state index >= 15 is 0 Å². The summed E-state index contributed by atoms with van der Waals surface area (Å²) >= 11 is 3.72. The lowest BCUT2D eigenvalue weighted by Gasteiger charge is -2.18. The number of benzene rings is 1. The summed E-state index contributed by atoms with van der Waals surface area (Å²) < 4.78 is 0. The summed E-state index contributed by atoms with van der Waals surface area (Å²) in [5.74, 6) is 0. The van der Waals surface area contributed by atoms with E-state index in [-0.39, 0.29) is 17.0 Å². The molecule has 0 bridgehead atoms. The van der Waals surface area contributed by atoms with Crippen molar-refractivity contribution < 1.29 is 0 Å². The van der Waals surface area contributed by atoms with E-state index in [2.05, 4.69) is 48.8 Å². The molecule has 0 fully saturated rings. The molecule has 0 saturated carbocycles. The first-order chi connectivity index (χ1) is 12.0. The molecule has 1 nitrogen and oxygen atoms in total. The lowest BCUT2D eigenvalue weighted by Crippen LogP contribution is -2.05. The molecular weight excluding hydrogens is 450 g/mol. The van der Waals surface area contributed by atoms with Gasteiger partial charge in [-0.05, 0) is 55.9 Å². The predicted octanol–water partition coefficient (Wildman–Crippen LogP) is 8.88. The smallest absolute Gasteiger partial charge is 0.0376 e. The maximum absolute atomic E-state index is 8.00. The number of nitrogens with one attached hydrogen (secondary N) is 1. The van der Waals surface area contributed by atoms with Crippen LogP contribution < -0.4 is 0 Å². The summed E-state index contributed by atoms with van der Waals surface area (Å²) in [5, 5.41) is 8.00. The van der Waals surface area contributed by atoms with E-state index in [0.29, 0.717) is 10.5 Å². The van der Waals surface area contributed by atoms with Gasteiger partial charge in [0.25, 0.3) is 0 Å². The summed E-state index contributed by atoms with van der Waals surface area (Å²) in [6.45, 7) is 8.56. The van der Waals surface area contributed by atoms with Crippen LogP contribution in [0.4, 0.5) is 0 Å². The SMILES string of the molecule is Br.CCCCCCCCCCCCc1ccc(C(C)=N)c(C(C)Br)c1C. The third-order valence-corrected chi connectivity index (χ3v) is 5.69. The van der Waals surface area contributed by atoms with E-state index in [9.17, 15) is 0 Å². The molecule has 0 aliphatic heterocycles. The molecule has 0 amide bonds. The Hall–Kier alpha value is -0.150. The second-order valence-corrected chi connectivity index (χ2v) is 8.86. The van der Waals surface area contributed by atoms with E-state index < -0.39 is 0 Å². The van der Waals surface area contributed by atoms with Gasteiger partial charge in [0.05, 0.1) is 0 Å². The number of aryl methyl sites for hydroxylation is 1. The van der Waals surface area contributed by atoms with Gasteiger partial charge >= 0.3 is 0 Å². The Morgan fingerprint density at radius 2 is 1.46 bits per heavy atom. The lowest BCUT2D eigenvalue weighted by molar-refractivity contribution is 0.556. The summed E-state index contributed by atoms with van der Waals surface area (Å²) in [7, 11) is 0. The maximum Gasteiger partial charge on any atom is 0.0376 e. The normalized spacial score (nSPS) is 11.9. The maximum atomic E-state index is 8.00. The topological polar surface area (TPSA) is 23.9 Å². The molecule has 0 aliphatic carbocycles. The van der Waals surface area contributed by atoms with Gasteiger partial charge in [-0.2, -0.15) is 0 Å². The van der Waals surface area contributed by atoms with Crippen LogP contribution in [0.3, 0.4) is 0 Å². The molecule has 150 valence electrons. The molecule has 26 heavy (non-hydrogen) atoms. The molecule has 1 aromatic carbocycles. The van der Waals surface area contributed by atoms with Gasteiger partial charge in [0.15, 0.2) is 0 Å². The number of hydrogen-bond donors (Lipinski definition) is 1. The molecule has 1 atom stereocenters. The Bertz CT molecular complexity index is 523. The number of halogens is 2. The summed E-state index contributed by atoms with van der Waals surface area (Å²) in [6.07, 6.45) is 15.0. The largest absolute Gasteiger partial charge is 0.305 e. The Balaban J connectivity index is 0.00000625. The molecule has 3 heteroatoms. The third kappa shape index (κ3) is 9.17. The van der Waals surface area contributed by atoms with Crippen LogP contribution in [-0.2, 0) is 6.42 Å². The molecule has 0 radical (unpaired) electrons. The van der Waals surface area contributed by atoms with Crippen LogP contribution in [0.5, 0.6) is 0 Å². The summed E-state index contributed by atoms with van der Waals surface area (Å²) in [4.78, 5) is 0.301. The van der Waals surface area contributed by atoms with Crippen molar-refractivity contribution in [1.29, 1.82) is 5.41 Å². The van der Waals surface area contributed by atoms with Crippen LogP contribution in [-0.4, -0.2) is 5.71 Å². The molecule has 1 N–H and O–H groups in total. The zero-order valence-corrected chi connectivity index (χ0v) is 20.6. The van der Waals surface area contributed by atoms with Gasteiger partial charge in [-0.25, -0.2) is 0 Å². The number of hydrogen-bond acceptors (Lipinski definition) is 1. The van der Waals surface area contributed by atoms with Crippen molar-refractivity contribution in [3.05, 3.63) is 34.4 Å². The minimum atomic E-state index is 0. The Kier molecular flexibility index (Phi) is 14.8. The van der Waals surface area contributed by atoms with Crippen molar-refractivity contribution in [3.63, 3.8) is 0 Å². The van der Waals surface area contributed by atoms with E-state index in [1.807, 2.05) is 6.92 Å². The van der Waals surface area contributed by atoms with Crippen LogP contribution in [0.25, 0.3) is 0 Å². The van der Waals surface area contributed by atoms with Crippen LogP contribution in [0.15, 0.2) is 12.1 Å². The van der Waals surface area contributed by atoms with Crippen LogP contribution >= 0.6 is 32.9 Å². The van der Waals surface area contributed by atoms with Gasteiger partial charge in [0.2, 0.25) is 0 Å². The summed E-state index contributed by atoms with van der Waals surface area (Å²) in [6, 6.07) is 4.39.